The van der Waals surface area contributed by atoms with Crippen LogP contribution in [-0.4, -0.2) is 0 Å². The molecule has 0 saturated carbocycles. The highest BCUT2D eigenvalue weighted by Crippen LogP contribution is 2.32. The van der Waals surface area contributed by atoms with Gasteiger partial charge in [0.05, 0.1) is 0 Å². The third-order valence-electron chi connectivity index (χ3n) is 2.64. The zero-order chi connectivity index (χ0) is 10.6. The second kappa shape index (κ2) is 5.60. The van der Waals surface area contributed by atoms with E-state index in [2.05, 4.69) is 26.8 Å². The molecule has 0 aromatic rings. The second-order valence-electron chi connectivity index (χ2n) is 4.60. The van der Waals surface area contributed by atoms with Crippen LogP contribution in [0.5, 0.6) is 0 Å². The van der Waals surface area contributed by atoms with Crippen LogP contribution < -0.4 is 0 Å². The zero-order valence-electron chi connectivity index (χ0n) is 9.57. The Kier molecular flexibility index (Phi) is 4.74. The molecular formula is C13H21Cl. The van der Waals surface area contributed by atoms with Gasteiger partial charge in [0.2, 0.25) is 0 Å². The van der Waals surface area contributed by atoms with Crippen molar-refractivity contribution in [1.82, 2.24) is 0 Å². The highest BCUT2D eigenvalue weighted by atomic mass is 35.5. The van der Waals surface area contributed by atoms with Crippen LogP contribution in [0.15, 0.2) is 22.3 Å². The van der Waals surface area contributed by atoms with Crippen LogP contribution >= 0.6 is 11.6 Å². The summed E-state index contributed by atoms with van der Waals surface area (Å²) >= 11 is 6.26. The van der Waals surface area contributed by atoms with Crippen molar-refractivity contribution in [2.24, 2.45) is 5.92 Å². The molecule has 0 saturated heterocycles. The predicted molar refractivity (Wildman–Crippen MR) is 64.6 cm³/mol. The van der Waals surface area contributed by atoms with Crippen LogP contribution in [0.25, 0.3) is 0 Å². The van der Waals surface area contributed by atoms with Gasteiger partial charge in [0.1, 0.15) is 0 Å². The molecule has 0 fully saturated rings. The summed E-state index contributed by atoms with van der Waals surface area (Å²) in [4.78, 5) is 0. The first-order chi connectivity index (χ1) is 6.63. The number of hydrogen-bond acceptors (Lipinski definition) is 0. The summed E-state index contributed by atoms with van der Waals surface area (Å²) in [6.07, 6.45) is 8.22. The van der Waals surface area contributed by atoms with Gasteiger partial charge in [-0.1, -0.05) is 49.9 Å². The molecule has 1 rings (SSSR count). The fourth-order valence-electron chi connectivity index (χ4n) is 1.99. The van der Waals surface area contributed by atoms with Gasteiger partial charge in [-0.05, 0) is 37.7 Å². The molecule has 0 aromatic heterocycles. The first-order valence-corrected chi connectivity index (χ1v) is 6.08. The van der Waals surface area contributed by atoms with Gasteiger partial charge in [0.25, 0.3) is 0 Å². The monoisotopic (exact) mass is 212 g/mol. The normalized spacial score (nSPS) is 17.6. The molecule has 0 amide bonds. The first kappa shape index (κ1) is 11.8. The maximum atomic E-state index is 6.26. The van der Waals surface area contributed by atoms with E-state index in [1.165, 1.54) is 36.8 Å². The Morgan fingerprint density at radius 2 is 2.07 bits per heavy atom. The van der Waals surface area contributed by atoms with Crippen LogP contribution in [0.2, 0.25) is 0 Å². The van der Waals surface area contributed by atoms with Gasteiger partial charge < -0.3 is 0 Å². The van der Waals surface area contributed by atoms with Gasteiger partial charge in [-0.15, -0.1) is 0 Å². The average molecular weight is 213 g/mol. The van der Waals surface area contributed by atoms with Crippen LogP contribution in [-0.2, 0) is 0 Å². The fourth-order valence-corrected chi connectivity index (χ4v) is 2.32. The molecule has 0 aromatic carbocycles. The maximum Gasteiger partial charge on any atom is 0.0397 e. The topological polar surface area (TPSA) is 0 Å². The van der Waals surface area contributed by atoms with Crippen molar-refractivity contribution < 1.29 is 0 Å². The van der Waals surface area contributed by atoms with Crippen molar-refractivity contribution in [2.45, 2.75) is 52.9 Å². The molecule has 0 heterocycles. The summed E-state index contributed by atoms with van der Waals surface area (Å²) < 4.78 is 0. The molecule has 14 heavy (non-hydrogen) atoms. The molecule has 0 unspecified atom stereocenters. The molecule has 0 aliphatic heterocycles. The molecule has 0 spiro atoms. The fraction of sp³-hybridized carbons (Fsp3) is 0.692. The average Bonchev–Trinajstić information content (AvgIpc) is 2.10. The number of halogens is 1. The van der Waals surface area contributed by atoms with Gasteiger partial charge >= 0.3 is 0 Å². The molecule has 1 aliphatic rings. The number of rotatable bonds is 4. The lowest BCUT2D eigenvalue weighted by atomic mass is 9.91. The number of hydrogen-bond donors (Lipinski definition) is 0. The quantitative estimate of drug-likeness (QED) is 0.612. The van der Waals surface area contributed by atoms with Gasteiger partial charge in [-0.3, -0.25) is 0 Å². The Bertz CT molecular complexity index is 246. The minimum absolute atomic E-state index is 0.722. The molecule has 80 valence electrons. The highest BCUT2D eigenvalue weighted by molar-refractivity contribution is 6.31. The largest absolute Gasteiger partial charge is 0.0844 e. The van der Waals surface area contributed by atoms with E-state index in [0.717, 1.165) is 17.4 Å². The Morgan fingerprint density at radius 3 is 2.57 bits per heavy atom. The van der Waals surface area contributed by atoms with E-state index in [1.54, 1.807) is 0 Å². The lowest BCUT2D eigenvalue weighted by molar-refractivity contribution is 0.616. The summed E-state index contributed by atoms with van der Waals surface area (Å²) in [5.74, 6) is 0.722. The Balaban J connectivity index is 2.65. The van der Waals surface area contributed by atoms with Crippen LogP contribution in [0, 0.1) is 5.92 Å². The van der Waals surface area contributed by atoms with E-state index >= 15 is 0 Å². The van der Waals surface area contributed by atoms with Crippen LogP contribution in [0.4, 0.5) is 0 Å². The Labute approximate surface area is 93.0 Å². The highest BCUT2D eigenvalue weighted by Gasteiger charge is 2.12. The van der Waals surface area contributed by atoms with E-state index in [0.29, 0.717) is 0 Å². The summed E-state index contributed by atoms with van der Waals surface area (Å²) in [6.45, 7) is 6.73. The van der Waals surface area contributed by atoms with Crippen molar-refractivity contribution in [3.8, 4) is 0 Å². The Morgan fingerprint density at radius 1 is 1.36 bits per heavy atom. The lowest BCUT2D eigenvalue weighted by Crippen LogP contribution is -2.00. The van der Waals surface area contributed by atoms with Crippen molar-refractivity contribution in [1.29, 1.82) is 0 Å². The van der Waals surface area contributed by atoms with Crippen molar-refractivity contribution in [3.05, 3.63) is 22.3 Å². The molecule has 0 nitrogen and oxygen atoms in total. The maximum absolute atomic E-state index is 6.26. The summed E-state index contributed by atoms with van der Waals surface area (Å²) in [5.41, 5.74) is 2.99. The second-order valence-corrected chi connectivity index (χ2v) is 5.01. The van der Waals surface area contributed by atoms with Crippen LogP contribution in [0.1, 0.15) is 52.9 Å². The molecule has 0 bridgehead atoms. The third kappa shape index (κ3) is 3.49. The van der Waals surface area contributed by atoms with Crippen molar-refractivity contribution in [3.63, 3.8) is 0 Å². The predicted octanol–water partition coefficient (Wildman–Crippen LogP) is 5.05. The molecule has 0 radical (unpaired) electrons. The van der Waals surface area contributed by atoms with Gasteiger partial charge in [0.15, 0.2) is 0 Å². The van der Waals surface area contributed by atoms with Crippen molar-refractivity contribution in [2.75, 3.05) is 0 Å². The smallest absolute Gasteiger partial charge is 0.0397 e. The first-order valence-electron chi connectivity index (χ1n) is 5.70. The summed E-state index contributed by atoms with van der Waals surface area (Å²) in [6, 6.07) is 0. The van der Waals surface area contributed by atoms with E-state index in [9.17, 15) is 0 Å². The lowest BCUT2D eigenvalue weighted by Gasteiger charge is -2.18. The van der Waals surface area contributed by atoms with Crippen LogP contribution in [0.3, 0.4) is 0 Å². The van der Waals surface area contributed by atoms with Gasteiger partial charge in [0, 0.05) is 5.03 Å². The molecule has 0 N–H and O–H groups in total. The summed E-state index contributed by atoms with van der Waals surface area (Å²) in [7, 11) is 0. The minimum atomic E-state index is 0.722. The summed E-state index contributed by atoms with van der Waals surface area (Å²) in [5, 5.41) is 1.02. The van der Waals surface area contributed by atoms with E-state index in [4.69, 9.17) is 11.6 Å². The van der Waals surface area contributed by atoms with E-state index in [-0.39, 0.29) is 0 Å². The van der Waals surface area contributed by atoms with E-state index in [1.807, 2.05) is 0 Å². The SMILES string of the molecule is CCCC1=CC(Cl)=C(CC(C)C)CC1. The Hall–Kier alpha value is -0.230. The molecule has 0 atom stereocenters. The standard InChI is InChI=1S/C13H21Cl/c1-4-5-11-6-7-12(8-10(2)3)13(14)9-11/h9-10H,4-8H2,1-3H3. The van der Waals surface area contributed by atoms with Gasteiger partial charge in [-0.25, -0.2) is 0 Å². The minimum Gasteiger partial charge on any atom is -0.0844 e. The molecule has 1 heteroatoms. The van der Waals surface area contributed by atoms with Gasteiger partial charge in [-0.2, -0.15) is 0 Å². The molecular weight excluding hydrogens is 192 g/mol. The zero-order valence-corrected chi connectivity index (χ0v) is 10.3. The number of allylic oxidation sites excluding steroid dienone is 4. The molecule has 1 aliphatic carbocycles. The third-order valence-corrected chi connectivity index (χ3v) is 3.02. The van der Waals surface area contributed by atoms with Crippen molar-refractivity contribution >= 4 is 11.6 Å². The van der Waals surface area contributed by atoms with E-state index < -0.39 is 0 Å².